The fourth-order valence-electron chi connectivity index (χ4n) is 3.29. The maximum absolute atomic E-state index is 13.4. The highest BCUT2D eigenvalue weighted by molar-refractivity contribution is 6.33. The van der Waals surface area contributed by atoms with Crippen LogP contribution < -0.4 is 10.1 Å². The van der Waals surface area contributed by atoms with Gasteiger partial charge in [-0.15, -0.1) is 0 Å². The van der Waals surface area contributed by atoms with Gasteiger partial charge in [0.15, 0.2) is 5.60 Å². The number of halogens is 2. The lowest BCUT2D eigenvalue weighted by molar-refractivity contribution is -0.135. The highest BCUT2D eigenvalue weighted by Crippen LogP contribution is 2.32. The number of amides is 2. The minimum Gasteiger partial charge on any atom is -0.477 e. The Morgan fingerprint density at radius 3 is 2.32 bits per heavy atom. The number of hydrogen-bond donors (Lipinski definition) is 1. The molecule has 1 saturated heterocycles. The van der Waals surface area contributed by atoms with Crippen molar-refractivity contribution in [3.8, 4) is 5.75 Å². The van der Waals surface area contributed by atoms with E-state index in [0.29, 0.717) is 11.4 Å². The fourth-order valence-corrected chi connectivity index (χ4v) is 3.51. The number of benzene rings is 2. The topological polar surface area (TPSA) is 67.9 Å². The van der Waals surface area contributed by atoms with Gasteiger partial charge >= 0.3 is 6.09 Å². The first-order chi connectivity index (χ1) is 14.6. The smallest absolute Gasteiger partial charge is 0.410 e. The number of nitrogens with zero attached hydrogens (tertiary/aromatic N) is 1. The van der Waals surface area contributed by atoms with Crippen molar-refractivity contribution in [3.63, 3.8) is 0 Å². The van der Waals surface area contributed by atoms with E-state index in [1.165, 1.54) is 12.1 Å². The molecule has 0 unspecified atom stereocenters. The molecule has 166 valence electrons. The predicted molar refractivity (Wildman–Crippen MR) is 117 cm³/mol. The van der Waals surface area contributed by atoms with Crippen LogP contribution in [0.1, 0.15) is 33.6 Å². The monoisotopic (exact) mass is 448 g/mol. The highest BCUT2D eigenvalue weighted by Gasteiger charge is 2.45. The molecule has 0 aromatic heterocycles. The van der Waals surface area contributed by atoms with E-state index in [-0.39, 0.29) is 31.0 Å². The molecular formula is C23H26ClFN2O4. The molecule has 0 spiro atoms. The predicted octanol–water partition coefficient (Wildman–Crippen LogP) is 5.27. The lowest BCUT2D eigenvalue weighted by atomic mass is 9.89. The van der Waals surface area contributed by atoms with E-state index >= 15 is 0 Å². The van der Waals surface area contributed by atoms with Crippen LogP contribution >= 0.6 is 11.6 Å². The Morgan fingerprint density at radius 2 is 1.74 bits per heavy atom. The van der Waals surface area contributed by atoms with Crippen LogP contribution in [0.3, 0.4) is 0 Å². The quantitative estimate of drug-likeness (QED) is 0.692. The zero-order valence-corrected chi connectivity index (χ0v) is 18.5. The molecule has 2 aromatic rings. The van der Waals surface area contributed by atoms with Gasteiger partial charge in [-0.05, 0) is 51.1 Å². The molecule has 2 aromatic carbocycles. The maximum atomic E-state index is 13.4. The minimum absolute atomic E-state index is 0.0920. The molecule has 3 rings (SSSR count). The average Bonchev–Trinajstić information content (AvgIpc) is 2.70. The Kier molecular flexibility index (Phi) is 6.74. The molecule has 8 heteroatoms. The Morgan fingerprint density at radius 1 is 1.10 bits per heavy atom. The number of ether oxygens (including phenoxy) is 2. The average molecular weight is 449 g/mol. The van der Waals surface area contributed by atoms with Crippen molar-refractivity contribution in [3.05, 3.63) is 59.4 Å². The summed E-state index contributed by atoms with van der Waals surface area (Å²) in [5.74, 6) is -0.369. The second-order valence-electron chi connectivity index (χ2n) is 8.46. The molecule has 0 radical (unpaired) electrons. The molecule has 0 aliphatic carbocycles. The van der Waals surface area contributed by atoms with Crippen LogP contribution in [0.25, 0.3) is 0 Å². The first kappa shape index (κ1) is 22.9. The number of anilines is 1. The third-order valence-corrected chi connectivity index (χ3v) is 5.19. The van der Waals surface area contributed by atoms with Gasteiger partial charge in [-0.2, -0.15) is 0 Å². The highest BCUT2D eigenvalue weighted by atomic mass is 35.5. The van der Waals surface area contributed by atoms with E-state index in [0.717, 1.165) is 6.07 Å². The van der Waals surface area contributed by atoms with E-state index in [1.807, 2.05) is 18.2 Å². The number of carbonyl (C=O) groups is 2. The van der Waals surface area contributed by atoms with Gasteiger partial charge in [-0.3, -0.25) is 4.79 Å². The van der Waals surface area contributed by atoms with Crippen LogP contribution in [-0.2, 0) is 9.53 Å². The molecule has 1 fully saturated rings. The Hall–Kier alpha value is -2.80. The molecule has 1 N–H and O–H groups in total. The summed E-state index contributed by atoms with van der Waals surface area (Å²) >= 11 is 6.08. The van der Waals surface area contributed by atoms with Crippen molar-refractivity contribution in [2.45, 2.75) is 44.8 Å². The number of rotatable bonds is 4. The summed E-state index contributed by atoms with van der Waals surface area (Å²) in [5, 5.41) is 2.85. The summed E-state index contributed by atoms with van der Waals surface area (Å²) in [7, 11) is 0. The van der Waals surface area contributed by atoms with Gasteiger partial charge in [0.1, 0.15) is 17.2 Å². The molecule has 0 bridgehead atoms. The van der Waals surface area contributed by atoms with Crippen LogP contribution in [0.2, 0.25) is 5.02 Å². The lowest BCUT2D eigenvalue weighted by Gasteiger charge is -2.40. The summed E-state index contributed by atoms with van der Waals surface area (Å²) in [6, 6.07) is 12.8. The van der Waals surface area contributed by atoms with Crippen LogP contribution in [-0.4, -0.2) is 41.2 Å². The first-order valence-electron chi connectivity index (χ1n) is 10.1. The molecule has 0 atom stereocenters. The van der Waals surface area contributed by atoms with Crippen molar-refractivity contribution in [1.29, 1.82) is 0 Å². The van der Waals surface area contributed by atoms with E-state index in [9.17, 15) is 14.0 Å². The Bertz CT molecular complexity index is 938. The van der Waals surface area contributed by atoms with E-state index in [1.54, 1.807) is 37.8 Å². The Balaban J connectivity index is 1.80. The van der Waals surface area contributed by atoms with Crippen molar-refractivity contribution in [2.75, 3.05) is 18.4 Å². The third-order valence-electron chi connectivity index (χ3n) is 4.87. The minimum atomic E-state index is -1.22. The van der Waals surface area contributed by atoms with Crippen LogP contribution in [0.15, 0.2) is 48.5 Å². The fraction of sp³-hybridized carbons (Fsp3) is 0.391. The molecule has 1 aliphatic rings. The molecule has 1 aliphatic heterocycles. The summed E-state index contributed by atoms with van der Waals surface area (Å²) in [4.78, 5) is 27.3. The van der Waals surface area contributed by atoms with Crippen LogP contribution in [0, 0.1) is 5.82 Å². The Labute approximate surface area is 186 Å². The normalized spacial score (nSPS) is 15.8. The van der Waals surface area contributed by atoms with Crippen molar-refractivity contribution >= 4 is 29.3 Å². The summed E-state index contributed by atoms with van der Waals surface area (Å²) in [5.41, 5.74) is -1.54. The number of likely N-dealkylation sites (tertiary alicyclic amines) is 1. The molecule has 31 heavy (non-hydrogen) atoms. The zero-order chi connectivity index (χ0) is 22.6. The molecule has 2 amide bonds. The van der Waals surface area contributed by atoms with E-state index in [2.05, 4.69) is 5.32 Å². The van der Waals surface area contributed by atoms with Crippen molar-refractivity contribution < 1.29 is 23.5 Å². The standard InChI is InChI=1S/C23H26ClFN2O4/c1-22(2,3)31-21(29)27-13-11-23(12-14-27,30-17-7-5-4-6-8-17)20(28)26-19-10-9-16(25)15-18(19)24/h4-10,15H,11-14H2,1-3H3,(H,26,28). The third kappa shape index (κ3) is 5.88. The number of para-hydroxylation sites is 1. The van der Waals surface area contributed by atoms with Gasteiger partial charge in [-0.25, -0.2) is 9.18 Å². The van der Waals surface area contributed by atoms with Gasteiger partial charge < -0.3 is 19.7 Å². The van der Waals surface area contributed by atoms with Gasteiger partial charge in [0.05, 0.1) is 10.7 Å². The second-order valence-corrected chi connectivity index (χ2v) is 8.86. The van der Waals surface area contributed by atoms with Gasteiger partial charge in [-0.1, -0.05) is 29.8 Å². The summed E-state index contributed by atoms with van der Waals surface area (Å²) in [6.07, 6.45) is 0.0835. The van der Waals surface area contributed by atoms with E-state index in [4.69, 9.17) is 21.1 Å². The number of hydrogen-bond acceptors (Lipinski definition) is 4. The van der Waals surface area contributed by atoms with Gasteiger partial charge in [0.2, 0.25) is 0 Å². The summed E-state index contributed by atoms with van der Waals surface area (Å²) < 4.78 is 25.0. The maximum Gasteiger partial charge on any atom is 0.410 e. The number of carbonyl (C=O) groups excluding carboxylic acids is 2. The molecule has 6 nitrogen and oxygen atoms in total. The van der Waals surface area contributed by atoms with Crippen LogP contribution in [0.5, 0.6) is 5.75 Å². The van der Waals surface area contributed by atoms with Crippen molar-refractivity contribution in [2.24, 2.45) is 0 Å². The lowest BCUT2D eigenvalue weighted by Crippen LogP contribution is -2.56. The summed E-state index contributed by atoms with van der Waals surface area (Å²) in [6.45, 7) is 5.98. The van der Waals surface area contributed by atoms with E-state index < -0.39 is 29.0 Å². The number of piperidine rings is 1. The molecule has 1 heterocycles. The molecule has 0 saturated carbocycles. The van der Waals surface area contributed by atoms with Crippen LogP contribution in [0.4, 0.5) is 14.9 Å². The van der Waals surface area contributed by atoms with Crippen molar-refractivity contribution in [1.82, 2.24) is 4.90 Å². The van der Waals surface area contributed by atoms with Gasteiger partial charge in [0.25, 0.3) is 5.91 Å². The number of nitrogens with one attached hydrogen (secondary N) is 1. The largest absolute Gasteiger partial charge is 0.477 e. The molecular weight excluding hydrogens is 423 g/mol. The SMILES string of the molecule is CC(C)(C)OC(=O)N1CCC(Oc2ccccc2)(C(=O)Nc2ccc(F)cc2Cl)CC1. The second kappa shape index (κ2) is 9.14. The first-order valence-corrected chi connectivity index (χ1v) is 10.4. The zero-order valence-electron chi connectivity index (χ0n) is 17.8. The van der Waals surface area contributed by atoms with Gasteiger partial charge in [0, 0.05) is 25.9 Å².